The summed E-state index contributed by atoms with van der Waals surface area (Å²) in [5, 5.41) is 5.37. The first kappa shape index (κ1) is 12.3. The van der Waals surface area contributed by atoms with E-state index in [1.807, 2.05) is 19.2 Å². The number of nitrogens with one attached hydrogen (secondary N) is 1. The van der Waals surface area contributed by atoms with Crippen LogP contribution in [-0.2, 0) is 6.42 Å². The molecule has 0 fully saturated rings. The van der Waals surface area contributed by atoms with Crippen LogP contribution in [0.15, 0.2) is 35.7 Å². The largest absolute Gasteiger partial charge is 0.313 e. The Kier molecular flexibility index (Phi) is 3.92. The highest BCUT2D eigenvalue weighted by Gasteiger charge is 2.11. The van der Waals surface area contributed by atoms with Crippen LogP contribution in [0.3, 0.4) is 0 Å². The van der Waals surface area contributed by atoms with Gasteiger partial charge in [-0.25, -0.2) is 4.39 Å². The Morgan fingerprint density at radius 1 is 1.35 bits per heavy atom. The summed E-state index contributed by atoms with van der Waals surface area (Å²) < 4.78 is 13.2. The lowest BCUT2D eigenvalue weighted by Gasteiger charge is -2.16. The number of hydrogen-bond acceptors (Lipinski definition) is 2. The van der Waals surface area contributed by atoms with Crippen molar-refractivity contribution in [1.82, 2.24) is 5.32 Å². The van der Waals surface area contributed by atoms with Crippen molar-refractivity contribution in [2.45, 2.75) is 19.4 Å². The first-order valence-electron chi connectivity index (χ1n) is 5.66. The molecule has 3 heteroatoms. The van der Waals surface area contributed by atoms with Crippen LogP contribution in [0.5, 0.6) is 0 Å². The van der Waals surface area contributed by atoms with E-state index in [1.165, 1.54) is 4.88 Å². The Balaban J connectivity index is 2.20. The number of hydrogen-bond donors (Lipinski definition) is 1. The zero-order valence-corrected chi connectivity index (χ0v) is 10.9. The van der Waals surface area contributed by atoms with Crippen molar-refractivity contribution >= 4 is 11.3 Å². The molecule has 1 N–H and O–H groups in total. The van der Waals surface area contributed by atoms with Gasteiger partial charge >= 0.3 is 0 Å². The van der Waals surface area contributed by atoms with Crippen LogP contribution in [-0.4, -0.2) is 7.05 Å². The Morgan fingerprint density at radius 3 is 2.76 bits per heavy atom. The quantitative estimate of drug-likeness (QED) is 0.871. The van der Waals surface area contributed by atoms with Crippen LogP contribution in [0.2, 0.25) is 0 Å². The molecular formula is C14H16FNS. The van der Waals surface area contributed by atoms with E-state index >= 15 is 0 Å². The van der Waals surface area contributed by atoms with Crippen molar-refractivity contribution in [2.75, 3.05) is 7.05 Å². The minimum absolute atomic E-state index is 0.139. The Labute approximate surface area is 105 Å². The van der Waals surface area contributed by atoms with E-state index < -0.39 is 0 Å². The summed E-state index contributed by atoms with van der Waals surface area (Å²) in [5.74, 6) is -0.139. The Hall–Kier alpha value is -1.19. The maximum atomic E-state index is 13.2. The van der Waals surface area contributed by atoms with Gasteiger partial charge in [-0.2, -0.15) is 0 Å². The van der Waals surface area contributed by atoms with Gasteiger partial charge in [0.05, 0.1) is 0 Å². The molecule has 1 aromatic carbocycles. The van der Waals surface area contributed by atoms with Crippen molar-refractivity contribution in [3.63, 3.8) is 0 Å². The fraction of sp³-hybridized carbons (Fsp3) is 0.286. The van der Waals surface area contributed by atoms with E-state index in [2.05, 4.69) is 22.8 Å². The smallest absolute Gasteiger partial charge is 0.126 e. The van der Waals surface area contributed by atoms with Gasteiger partial charge in [-0.15, -0.1) is 11.3 Å². The second-order valence-electron chi connectivity index (χ2n) is 4.13. The molecular weight excluding hydrogens is 233 g/mol. The molecule has 0 amide bonds. The van der Waals surface area contributed by atoms with Crippen LogP contribution in [0, 0.1) is 12.7 Å². The monoisotopic (exact) mass is 249 g/mol. The normalized spacial score (nSPS) is 12.6. The van der Waals surface area contributed by atoms with Gasteiger partial charge in [-0.3, -0.25) is 0 Å². The topological polar surface area (TPSA) is 12.0 Å². The summed E-state index contributed by atoms with van der Waals surface area (Å²) in [5.41, 5.74) is 1.84. The van der Waals surface area contributed by atoms with Gasteiger partial charge in [0.25, 0.3) is 0 Å². The van der Waals surface area contributed by atoms with Crippen LogP contribution in [0.4, 0.5) is 4.39 Å². The molecule has 1 aromatic heterocycles. The lowest BCUT2D eigenvalue weighted by atomic mass is 10.0. The van der Waals surface area contributed by atoms with E-state index in [9.17, 15) is 4.39 Å². The lowest BCUT2D eigenvalue weighted by Crippen LogP contribution is -2.18. The van der Waals surface area contributed by atoms with Crippen molar-refractivity contribution in [2.24, 2.45) is 0 Å². The van der Waals surface area contributed by atoms with Gasteiger partial charge in [0.1, 0.15) is 5.82 Å². The van der Waals surface area contributed by atoms with Gasteiger partial charge in [0.15, 0.2) is 0 Å². The second-order valence-corrected chi connectivity index (χ2v) is 5.17. The minimum Gasteiger partial charge on any atom is -0.313 e. The molecule has 0 spiro atoms. The zero-order valence-electron chi connectivity index (χ0n) is 10.0. The first-order valence-corrected chi connectivity index (χ1v) is 6.54. The van der Waals surface area contributed by atoms with E-state index in [-0.39, 0.29) is 11.9 Å². The first-order chi connectivity index (χ1) is 8.20. The van der Waals surface area contributed by atoms with Gasteiger partial charge in [-0.1, -0.05) is 18.2 Å². The predicted molar refractivity (Wildman–Crippen MR) is 71.0 cm³/mol. The summed E-state index contributed by atoms with van der Waals surface area (Å²) in [6, 6.07) is 9.76. The Morgan fingerprint density at radius 2 is 2.18 bits per heavy atom. The molecule has 1 nitrogen and oxygen atoms in total. The molecule has 0 aliphatic rings. The molecule has 0 aliphatic carbocycles. The summed E-state index contributed by atoms with van der Waals surface area (Å²) >= 11 is 1.75. The third kappa shape index (κ3) is 2.93. The second kappa shape index (κ2) is 5.43. The minimum atomic E-state index is -0.139. The highest BCUT2D eigenvalue weighted by molar-refractivity contribution is 7.09. The number of thiophene rings is 1. The molecule has 17 heavy (non-hydrogen) atoms. The highest BCUT2D eigenvalue weighted by atomic mass is 32.1. The molecule has 1 heterocycles. The van der Waals surface area contributed by atoms with Crippen LogP contribution < -0.4 is 5.32 Å². The molecule has 0 radical (unpaired) electrons. The fourth-order valence-corrected chi connectivity index (χ4v) is 2.65. The standard InChI is InChI=1S/C14H16FNS/c1-10-8-11(5-6-13(10)15)14(16-2)9-12-4-3-7-17-12/h3-8,14,16H,9H2,1-2H3. The number of benzene rings is 1. The van der Waals surface area contributed by atoms with Gasteiger partial charge in [0, 0.05) is 17.3 Å². The molecule has 0 bridgehead atoms. The summed E-state index contributed by atoms with van der Waals surface area (Å²) in [6.45, 7) is 1.80. The molecule has 0 saturated heterocycles. The SMILES string of the molecule is CNC(Cc1cccs1)c1ccc(F)c(C)c1. The lowest BCUT2D eigenvalue weighted by molar-refractivity contribution is 0.586. The molecule has 1 atom stereocenters. The Bertz CT molecular complexity index is 479. The van der Waals surface area contributed by atoms with E-state index in [0.717, 1.165) is 12.0 Å². The van der Waals surface area contributed by atoms with Crippen molar-refractivity contribution < 1.29 is 4.39 Å². The number of rotatable bonds is 4. The van der Waals surface area contributed by atoms with Gasteiger partial charge in [-0.05, 0) is 42.6 Å². The van der Waals surface area contributed by atoms with Crippen molar-refractivity contribution in [1.29, 1.82) is 0 Å². The van der Waals surface area contributed by atoms with E-state index in [0.29, 0.717) is 5.56 Å². The van der Waals surface area contributed by atoms with Crippen LogP contribution in [0.1, 0.15) is 22.0 Å². The van der Waals surface area contributed by atoms with Crippen LogP contribution >= 0.6 is 11.3 Å². The summed E-state index contributed by atoms with van der Waals surface area (Å²) in [7, 11) is 1.94. The maximum absolute atomic E-state index is 13.2. The molecule has 90 valence electrons. The molecule has 2 aromatic rings. The fourth-order valence-electron chi connectivity index (χ4n) is 1.90. The number of halogens is 1. The average Bonchev–Trinajstić information content (AvgIpc) is 2.82. The average molecular weight is 249 g/mol. The van der Waals surface area contributed by atoms with Crippen LogP contribution in [0.25, 0.3) is 0 Å². The molecule has 1 unspecified atom stereocenters. The zero-order chi connectivity index (χ0) is 12.3. The number of aryl methyl sites for hydroxylation is 1. The van der Waals surface area contributed by atoms with Crippen molar-refractivity contribution in [3.05, 3.63) is 57.5 Å². The number of likely N-dealkylation sites (N-methyl/N-ethyl adjacent to an activating group) is 1. The predicted octanol–water partition coefficient (Wildman–Crippen LogP) is 3.70. The van der Waals surface area contributed by atoms with Crippen molar-refractivity contribution in [3.8, 4) is 0 Å². The van der Waals surface area contributed by atoms with E-state index in [4.69, 9.17) is 0 Å². The maximum Gasteiger partial charge on any atom is 0.126 e. The third-order valence-electron chi connectivity index (χ3n) is 2.92. The van der Waals surface area contributed by atoms with Gasteiger partial charge < -0.3 is 5.32 Å². The molecule has 0 saturated carbocycles. The highest BCUT2D eigenvalue weighted by Crippen LogP contribution is 2.22. The summed E-state index contributed by atoms with van der Waals surface area (Å²) in [4.78, 5) is 1.34. The third-order valence-corrected chi connectivity index (χ3v) is 3.82. The summed E-state index contributed by atoms with van der Waals surface area (Å²) in [6.07, 6.45) is 0.944. The van der Waals surface area contributed by atoms with E-state index in [1.54, 1.807) is 24.3 Å². The molecule has 2 rings (SSSR count). The molecule has 0 aliphatic heterocycles. The van der Waals surface area contributed by atoms with Gasteiger partial charge in [0.2, 0.25) is 0 Å².